The van der Waals surface area contributed by atoms with Crippen LogP contribution in [0.5, 0.6) is 5.75 Å². The number of hydrogen-bond acceptors (Lipinski definition) is 5. The molecule has 1 atom stereocenters. The van der Waals surface area contributed by atoms with E-state index in [4.69, 9.17) is 16.3 Å². The Bertz CT molecular complexity index is 1460. The summed E-state index contributed by atoms with van der Waals surface area (Å²) in [7, 11) is 0. The molecule has 2 aromatic heterocycles. The van der Waals surface area contributed by atoms with Gasteiger partial charge in [0, 0.05) is 11.6 Å². The zero-order valence-electron chi connectivity index (χ0n) is 18.9. The quantitative estimate of drug-likeness (QED) is 0.437. The van der Waals surface area contributed by atoms with Crippen molar-refractivity contribution in [3.63, 3.8) is 0 Å². The Morgan fingerprint density at radius 1 is 1.14 bits per heavy atom. The molecule has 2 aromatic carbocycles. The van der Waals surface area contributed by atoms with Crippen LogP contribution in [0, 0.1) is 25.5 Å². The molecule has 0 saturated carbocycles. The Labute approximate surface area is 204 Å². The summed E-state index contributed by atoms with van der Waals surface area (Å²) in [5.74, 6) is -1.43. The lowest BCUT2D eigenvalue weighted by molar-refractivity contribution is 0.0731. The van der Waals surface area contributed by atoms with Gasteiger partial charge in [-0.3, -0.25) is 4.79 Å². The number of carbonyl (C=O) groups is 1. The second kappa shape index (κ2) is 8.90. The zero-order chi connectivity index (χ0) is 24.9. The number of aliphatic hydroxyl groups is 1. The largest absolute Gasteiger partial charge is 0.482 e. The second-order valence-corrected chi connectivity index (χ2v) is 8.78. The first-order chi connectivity index (χ1) is 16.8. The van der Waals surface area contributed by atoms with Crippen molar-refractivity contribution >= 4 is 23.2 Å². The summed E-state index contributed by atoms with van der Waals surface area (Å²) in [5, 5.41) is 15.0. The molecule has 35 heavy (non-hydrogen) atoms. The summed E-state index contributed by atoms with van der Waals surface area (Å²) in [5.41, 5.74) is 4.24. The van der Waals surface area contributed by atoms with E-state index in [-0.39, 0.29) is 30.3 Å². The number of nitrogens with zero attached hydrogens (tertiary/aromatic N) is 4. The summed E-state index contributed by atoms with van der Waals surface area (Å²) < 4.78 is 34.9. The van der Waals surface area contributed by atoms with Crippen molar-refractivity contribution in [2.24, 2.45) is 0 Å². The summed E-state index contributed by atoms with van der Waals surface area (Å²) in [6.07, 6.45) is -0.913. The van der Waals surface area contributed by atoms with E-state index < -0.39 is 24.3 Å². The highest BCUT2D eigenvalue weighted by Crippen LogP contribution is 2.33. The third-order valence-corrected chi connectivity index (χ3v) is 6.64. The third kappa shape index (κ3) is 4.11. The number of aromatic nitrogens is 3. The molecule has 5 rings (SSSR count). The molecule has 0 bridgehead atoms. The molecule has 10 heteroatoms. The molecule has 0 fully saturated rings. The van der Waals surface area contributed by atoms with E-state index in [1.165, 1.54) is 36.4 Å². The Balaban J connectivity index is 1.44. The minimum atomic E-state index is -0.913. The highest BCUT2D eigenvalue weighted by Gasteiger charge is 2.32. The number of fused-ring (bicyclic) bond motifs is 3. The number of hydrogen-bond donors (Lipinski definition) is 1. The average molecular weight is 499 g/mol. The monoisotopic (exact) mass is 498 g/mol. The van der Waals surface area contributed by atoms with E-state index in [1.54, 1.807) is 9.42 Å². The molecule has 0 spiro atoms. The number of halogens is 3. The predicted molar refractivity (Wildman–Crippen MR) is 124 cm³/mol. The third-order valence-electron chi connectivity index (χ3n) is 6.09. The lowest BCUT2D eigenvalue weighted by atomic mass is 10.1. The molecule has 1 aliphatic rings. The summed E-state index contributed by atoms with van der Waals surface area (Å²) >= 11 is 6.31. The zero-order valence-corrected chi connectivity index (χ0v) is 19.7. The van der Waals surface area contributed by atoms with Crippen LogP contribution in [-0.4, -0.2) is 37.1 Å². The van der Waals surface area contributed by atoms with Gasteiger partial charge in [-0.2, -0.15) is 5.10 Å². The summed E-state index contributed by atoms with van der Waals surface area (Å²) in [6, 6.07) is 9.03. The van der Waals surface area contributed by atoms with Gasteiger partial charge >= 0.3 is 0 Å². The molecule has 180 valence electrons. The molecule has 1 N–H and O–H groups in total. The van der Waals surface area contributed by atoms with Gasteiger partial charge in [-0.1, -0.05) is 23.7 Å². The topological polar surface area (TPSA) is 80.0 Å². The first kappa shape index (κ1) is 23.2. The first-order valence-electron chi connectivity index (χ1n) is 10.9. The van der Waals surface area contributed by atoms with Crippen LogP contribution in [0.15, 0.2) is 42.5 Å². The Morgan fingerprint density at radius 2 is 1.86 bits per heavy atom. The number of carbonyl (C=O) groups excluding carboxylic acids is 1. The molecule has 1 amide bonds. The van der Waals surface area contributed by atoms with Crippen molar-refractivity contribution in [2.45, 2.75) is 33.0 Å². The smallest absolute Gasteiger partial charge is 0.258 e. The minimum absolute atomic E-state index is 0.0197. The van der Waals surface area contributed by atoms with Gasteiger partial charge in [-0.15, -0.1) is 0 Å². The number of rotatable bonds is 5. The normalized spacial score (nSPS) is 13.8. The molecule has 7 nitrogen and oxygen atoms in total. The van der Waals surface area contributed by atoms with Gasteiger partial charge in [-0.05, 0) is 43.7 Å². The summed E-state index contributed by atoms with van der Waals surface area (Å²) in [4.78, 5) is 19.6. The molecule has 4 aromatic rings. The van der Waals surface area contributed by atoms with Crippen LogP contribution in [0.3, 0.4) is 0 Å². The maximum atomic E-state index is 14.1. The summed E-state index contributed by atoms with van der Waals surface area (Å²) in [6.45, 7) is 3.73. The standard InChI is InChI=1S/C25H21ClF2N4O3/c1-13-23(26)14(2)32-24(29-13)19-10-31(11-20(19)30-32)25(34)18-8-7-17(28)9-21(18)35-22(12-33)15-3-5-16(27)6-4-15/h3-9,22,33H,10-12H2,1-2H3. The second-order valence-electron chi connectivity index (χ2n) is 8.40. The van der Waals surface area contributed by atoms with Crippen LogP contribution in [-0.2, 0) is 13.1 Å². The van der Waals surface area contributed by atoms with Crippen molar-refractivity contribution in [2.75, 3.05) is 6.61 Å². The fourth-order valence-corrected chi connectivity index (χ4v) is 4.36. The lowest BCUT2D eigenvalue weighted by Crippen LogP contribution is -2.27. The van der Waals surface area contributed by atoms with E-state index in [0.29, 0.717) is 27.6 Å². The Kier molecular flexibility index (Phi) is 5.90. The van der Waals surface area contributed by atoms with Crippen LogP contribution in [0.2, 0.25) is 5.02 Å². The van der Waals surface area contributed by atoms with E-state index in [1.807, 2.05) is 13.8 Å². The SMILES string of the molecule is Cc1nc2c3c(nn2c(C)c1Cl)CN(C(=O)c1ccc(F)cc1OC(CO)c1ccc(F)cc1)C3. The minimum Gasteiger partial charge on any atom is -0.482 e. The molecule has 0 saturated heterocycles. The van der Waals surface area contributed by atoms with Gasteiger partial charge in [0.15, 0.2) is 5.65 Å². The van der Waals surface area contributed by atoms with Crippen LogP contribution in [0.1, 0.15) is 44.7 Å². The molecule has 0 aliphatic carbocycles. The van der Waals surface area contributed by atoms with E-state index in [2.05, 4.69) is 10.1 Å². The van der Waals surface area contributed by atoms with Gasteiger partial charge in [0.2, 0.25) is 0 Å². The molecule has 1 aliphatic heterocycles. The maximum Gasteiger partial charge on any atom is 0.258 e. The van der Waals surface area contributed by atoms with Gasteiger partial charge in [0.25, 0.3) is 5.91 Å². The van der Waals surface area contributed by atoms with Crippen LogP contribution < -0.4 is 4.74 Å². The number of benzene rings is 2. The fourth-order valence-electron chi connectivity index (χ4n) is 4.24. The molecule has 3 heterocycles. The number of aryl methyl sites for hydroxylation is 2. The van der Waals surface area contributed by atoms with E-state index in [9.17, 15) is 18.7 Å². The lowest BCUT2D eigenvalue weighted by Gasteiger charge is -2.22. The van der Waals surface area contributed by atoms with Gasteiger partial charge in [0.05, 0.1) is 47.4 Å². The van der Waals surface area contributed by atoms with Crippen LogP contribution >= 0.6 is 11.6 Å². The van der Waals surface area contributed by atoms with Crippen molar-refractivity contribution in [3.05, 3.63) is 92.9 Å². The van der Waals surface area contributed by atoms with E-state index >= 15 is 0 Å². The van der Waals surface area contributed by atoms with Crippen molar-refractivity contribution in [1.29, 1.82) is 0 Å². The van der Waals surface area contributed by atoms with E-state index in [0.717, 1.165) is 17.3 Å². The van der Waals surface area contributed by atoms with Crippen LogP contribution in [0.4, 0.5) is 8.78 Å². The average Bonchev–Trinajstić information content (AvgIpc) is 3.40. The van der Waals surface area contributed by atoms with Crippen molar-refractivity contribution in [1.82, 2.24) is 19.5 Å². The highest BCUT2D eigenvalue weighted by atomic mass is 35.5. The maximum absolute atomic E-state index is 14.1. The highest BCUT2D eigenvalue weighted by molar-refractivity contribution is 6.31. The first-order valence-corrected chi connectivity index (χ1v) is 11.3. The fraction of sp³-hybridized carbons (Fsp3) is 0.240. The molecule has 0 radical (unpaired) electrons. The van der Waals surface area contributed by atoms with Gasteiger partial charge < -0.3 is 14.7 Å². The molecular formula is C25H21ClF2N4O3. The number of ether oxygens (including phenoxy) is 1. The van der Waals surface area contributed by atoms with Crippen molar-refractivity contribution in [3.8, 4) is 5.75 Å². The number of aliphatic hydroxyl groups excluding tert-OH is 1. The number of amides is 1. The Hall–Kier alpha value is -3.56. The molecule has 1 unspecified atom stereocenters. The van der Waals surface area contributed by atoms with Crippen molar-refractivity contribution < 1.29 is 23.4 Å². The Morgan fingerprint density at radius 3 is 2.57 bits per heavy atom. The van der Waals surface area contributed by atoms with Gasteiger partial charge in [-0.25, -0.2) is 18.3 Å². The molecular weight excluding hydrogens is 478 g/mol. The van der Waals surface area contributed by atoms with Crippen LogP contribution in [0.25, 0.3) is 5.65 Å². The van der Waals surface area contributed by atoms with Gasteiger partial charge in [0.1, 0.15) is 23.5 Å². The predicted octanol–water partition coefficient (Wildman–Crippen LogP) is 4.55.